The summed E-state index contributed by atoms with van der Waals surface area (Å²) in [4.78, 5) is 0. The van der Waals surface area contributed by atoms with Crippen LogP contribution in [0.1, 0.15) is 140 Å². The van der Waals surface area contributed by atoms with Crippen molar-refractivity contribution in [3.8, 4) is 56.2 Å². The summed E-state index contributed by atoms with van der Waals surface area (Å²) in [5.41, 5.74) is 23.5. The number of aryl methyl sites for hydroxylation is 11. The van der Waals surface area contributed by atoms with Crippen molar-refractivity contribution in [2.45, 2.75) is 128 Å². The Bertz CT molecular complexity index is 6440. The maximum Gasteiger partial charge on any atom is 0.216 e. The molecular formula is C97H91F7N4O4+4. The van der Waals surface area contributed by atoms with Crippen LogP contribution in [0.4, 0.5) is 30.7 Å². The Morgan fingerprint density at radius 1 is 0.259 bits per heavy atom. The molecule has 15 heteroatoms. The lowest BCUT2D eigenvalue weighted by atomic mass is 9.96. The Hall–Kier alpha value is -11.7. The third kappa shape index (κ3) is 13.9. The van der Waals surface area contributed by atoms with Crippen LogP contribution in [-0.2, 0) is 28.2 Å². The van der Waals surface area contributed by atoms with Gasteiger partial charge in [0.1, 0.15) is 102 Å². The van der Waals surface area contributed by atoms with E-state index in [1.54, 1.807) is 19.9 Å². The molecule has 8 aromatic heterocycles. The maximum absolute atomic E-state index is 15.0. The lowest BCUT2D eigenvalue weighted by molar-refractivity contribution is -0.661. The van der Waals surface area contributed by atoms with Gasteiger partial charge >= 0.3 is 0 Å². The maximum atomic E-state index is 15.0. The SMILES string of the molecule is Cc1cc(C)c2c(oc3cc(F)cc(F)c32)c1-c1ccc(C(C)C)c[n+]1C.Cc1cc(F)c2c(oc3cc(F)cc(C)c32)c1-c1ccc(C(C)C)c[n+]1C.Cc1cc2c(cc1F)oc1c(-c3ccc(C(C)C)c[n+]3C)c(C)cc(F)c12.Cc1ccc2c(oc3c(-c4ccccc4)c(F)ccc32)c1-c1ccc(C(C)C)c[n+]1C. The smallest absolute Gasteiger partial charge is 0.216 e. The summed E-state index contributed by atoms with van der Waals surface area (Å²) >= 11 is 0. The molecule has 0 amide bonds. The van der Waals surface area contributed by atoms with Crippen molar-refractivity contribution in [3.63, 3.8) is 0 Å². The molecule has 0 aliphatic carbocycles. The largest absolute Gasteiger partial charge is 0.455 e. The molecule has 17 aromatic rings. The molecule has 0 bridgehead atoms. The summed E-state index contributed by atoms with van der Waals surface area (Å²) in [5, 5.41) is 5.02. The van der Waals surface area contributed by atoms with Gasteiger partial charge in [0.25, 0.3) is 0 Å². The Balaban J connectivity index is 0.000000124. The molecule has 0 aliphatic rings. The van der Waals surface area contributed by atoms with E-state index < -0.39 is 11.6 Å². The highest BCUT2D eigenvalue weighted by Gasteiger charge is 2.30. The highest BCUT2D eigenvalue weighted by Crippen LogP contribution is 2.46. The zero-order valence-corrected chi connectivity index (χ0v) is 66.7. The van der Waals surface area contributed by atoms with Gasteiger partial charge in [0, 0.05) is 97.7 Å². The third-order valence-corrected chi connectivity index (χ3v) is 21.8. The van der Waals surface area contributed by atoms with Gasteiger partial charge in [-0.2, -0.15) is 0 Å². The van der Waals surface area contributed by atoms with E-state index in [1.807, 2.05) is 113 Å². The van der Waals surface area contributed by atoms with E-state index in [1.165, 1.54) is 64.7 Å². The van der Waals surface area contributed by atoms with Gasteiger partial charge in [-0.15, -0.1) is 0 Å². The van der Waals surface area contributed by atoms with Crippen LogP contribution in [0.15, 0.2) is 200 Å². The van der Waals surface area contributed by atoms with Crippen LogP contribution in [0, 0.1) is 89.2 Å². The molecular weight excluding hydrogens is 1420 g/mol. The highest BCUT2D eigenvalue weighted by atomic mass is 19.2. The van der Waals surface area contributed by atoms with Crippen LogP contribution < -0.4 is 18.3 Å². The molecule has 17 rings (SSSR count). The van der Waals surface area contributed by atoms with Gasteiger partial charge in [-0.05, 0) is 177 Å². The van der Waals surface area contributed by atoms with Crippen LogP contribution in [0.3, 0.4) is 0 Å². The van der Waals surface area contributed by atoms with E-state index in [0.717, 1.165) is 101 Å². The number of rotatable bonds is 9. The van der Waals surface area contributed by atoms with Gasteiger partial charge in [0.05, 0.1) is 44.0 Å². The molecule has 0 saturated heterocycles. The number of pyridine rings is 4. The predicted octanol–water partition coefficient (Wildman–Crippen LogP) is 25.6. The summed E-state index contributed by atoms with van der Waals surface area (Å²) in [6, 6.07) is 46.9. The molecule has 0 N–H and O–H groups in total. The Morgan fingerprint density at radius 2 is 0.652 bits per heavy atom. The molecule has 0 fully saturated rings. The van der Waals surface area contributed by atoms with E-state index in [-0.39, 0.29) is 34.7 Å². The lowest BCUT2D eigenvalue weighted by Crippen LogP contribution is -2.31. The summed E-state index contributed by atoms with van der Waals surface area (Å²) < 4.78 is 134. The number of nitrogens with zero attached hydrogens (tertiary/aromatic N) is 4. The zero-order chi connectivity index (χ0) is 80.1. The average molecular weight is 1510 g/mol. The molecule has 0 unspecified atom stereocenters. The molecule has 112 heavy (non-hydrogen) atoms. The number of fused-ring (bicyclic) bond motifs is 12. The molecule has 0 aliphatic heterocycles. The summed E-state index contributed by atoms with van der Waals surface area (Å²) in [6.45, 7) is 30.5. The van der Waals surface area contributed by atoms with Crippen molar-refractivity contribution in [1.29, 1.82) is 0 Å². The fraction of sp³-hybridized carbons (Fsp3) is 0.237. The van der Waals surface area contributed by atoms with E-state index in [9.17, 15) is 30.7 Å². The van der Waals surface area contributed by atoms with Gasteiger partial charge in [0.15, 0.2) is 36.0 Å². The van der Waals surface area contributed by atoms with Crippen molar-refractivity contribution in [3.05, 3.63) is 284 Å². The second-order valence-corrected chi connectivity index (χ2v) is 31.2. The van der Waals surface area contributed by atoms with Crippen LogP contribution in [0.5, 0.6) is 0 Å². The van der Waals surface area contributed by atoms with E-state index in [2.05, 4.69) is 152 Å². The van der Waals surface area contributed by atoms with Crippen LogP contribution in [0.2, 0.25) is 0 Å². The molecule has 0 radical (unpaired) electrons. The first kappa shape index (κ1) is 77.0. The monoisotopic (exact) mass is 1510 g/mol. The summed E-state index contributed by atoms with van der Waals surface area (Å²) in [5.74, 6) is -1.23. The van der Waals surface area contributed by atoms with Crippen molar-refractivity contribution < 1.29 is 66.7 Å². The standard InChI is InChI=1S/C28H25FNO.3C23H22F2NO/c1-17(2)20-11-15-24(30(4)16-20)25-18(3)10-12-21-22-13-14-23(29)26(28(22)31-27(21)25)19-8-6-5-7-9-19;1-12(2)15-6-7-19(26(5)11-15)21-14(4)9-18(25)22-16-8-13(3)17(24)10-20(16)27-23(21)22;1-12(2)15-6-7-18(26(5)11-15)20-14(4)9-17(25)22-21-13(3)8-16(24)10-19(21)27-23(20)22;1-12(2)15-6-7-18(26(5)11-15)20-13(3)8-14(4)21-22-17(25)9-16(24)10-19(22)27-23(20)21/h5-17H,1-4H3;3*6-12H,1-5H3/q4*+1. The number of hydrogen-bond acceptors (Lipinski definition) is 4. The Labute approximate surface area is 647 Å². The van der Waals surface area contributed by atoms with E-state index in [4.69, 9.17) is 17.7 Å². The number of benzene rings is 9. The zero-order valence-electron chi connectivity index (χ0n) is 66.7. The molecule has 0 atom stereocenters. The number of hydrogen-bond donors (Lipinski definition) is 0. The second-order valence-electron chi connectivity index (χ2n) is 31.2. The molecule has 0 spiro atoms. The normalized spacial score (nSPS) is 11.8. The molecule has 8 nitrogen and oxygen atoms in total. The van der Waals surface area contributed by atoms with Crippen molar-refractivity contribution in [2.24, 2.45) is 28.2 Å². The highest BCUT2D eigenvalue weighted by molar-refractivity contribution is 6.15. The fourth-order valence-electron chi connectivity index (χ4n) is 15.9. The minimum Gasteiger partial charge on any atom is -0.455 e. The van der Waals surface area contributed by atoms with Gasteiger partial charge in [0.2, 0.25) is 22.8 Å². The van der Waals surface area contributed by atoms with Crippen molar-refractivity contribution >= 4 is 87.8 Å². The third-order valence-electron chi connectivity index (χ3n) is 21.8. The van der Waals surface area contributed by atoms with Crippen LogP contribution >= 0.6 is 0 Å². The molecule has 568 valence electrons. The van der Waals surface area contributed by atoms with Gasteiger partial charge < -0.3 is 17.7 Å². The summed E-state index contributed by atoms with van der Waals surface area (Å²) in [7, 11) is 8.01. The first-order chi connectivity index (χ1) is 53.3. The lowest BCUT2D eigenvalue weighted by Gasteiger charge is -2.10. The topological polar surface area (TPSA) is 68.1 Å². The van der Waals surface area contributed by atoms with Crippen molar-refractivity contribution in [2.75, 3.05) is 0 Å². The van der Waals surface area contributed by atoms with E-state index >= 15 is 0 Å². The quantitative estimate of drug-likeness (QED) is 0.107. The van der Waals surface area contributed by atoms with Gasteiger partial charge in [-0.1, -0.05) is 104 Å². The van der Waals surface area contributed by atoms with Crippen LogP contribution in [0.25, 0.3) is 144 Å². The fourth-order valence-corrected chi connectivity index (χ4v) is 15.9. The minimum atomic E-state index is -0.637. The van der Waals surface area contributed by atoms with Gasteiger partial charge in [-0.25, -0.2) is 49.0 Å². The Morgan fingerprint density at radius 3 is 1.13 bits per heavy atom. The second kappa shape index (κ2) is 30.2. The molecule has 9 aromatic carbocycles. The Kier molecular flexibility index (Phi) is 20.8. The predicted molar refractivity (Wildman–Crippen MR) is 436 cm³/mol. The first-order valence-electron chi connectivity index (χ1n) is 37.9. The van der Waals surface area contributed by atoms with Gasteiger partial charge in [-0.3, -0.25) is 0 Å². The number of furan rings is 4. The van der Waals surface area contributed by atoms with Crippen LogP contribution in [-0.4, -0.2) is 0 Å². The van der Waals surface area contributed by atoms with Crippen molar-refractivity contribution in [1.82, 2.24) is 0 Å². The van der Waals surface area contributed by atoms with E-state index in [0.29, 0.717) is 106 Å². The molecule has 8 heterocycles. The molecule has 0 saturated carbocycles. The summed E-state index contributed by atoms with van der Waals surface area (Å²) in [6.07, 6.45) is 8.45. The number of aromatic nitrogens is 4. The average Bonchev–Trinajstić information content (AvgIpc) is 1.60. The first-order valence-corrected chi connectivity index (χ1v) is 37.9. The minimum absolute atomic E-state index is 0.235. The number of halogens is 7.